The van der Waals surface area contributed by atoms with Gasteiger partial charge in [0, 0.05) is 6.54 Å². The maximum Gasteiger partial charge on any atom is 0.262 e. The lowest BCUT2D eigenvalue weighted by Gasteiger charge is -2.29. The van der Waals surface area contributed by atoms with Crippen LogP contribution in [0.5, 0.6) is 0 Å². The third-order valence-electron chi connectivity index (χ3n) is 2.05. The van der Waals surface area contributed by atoms with E-state index in [9.17, 15) is 4.79 Å². The predicted molar refractivity (Wildman–Crippen MR) is 60.1 cm³/mol. The fourth-order valence-electron chi connectivity index (χ4n) is 0.780. The SMILES string of the molecule is CSC(=O)C#CC(C)(C)N(C)CCO. The standard InChI is InChI=1S/C10H17NO2S/c1-10(2,11(3)7-8-12)6-5-9(13)14-4/h12H,7-8H2,1-4H3. The van der Waals surface area contributed by atoms with E-state index >= 15 is 0 Å². The quantitative estimate of drug-likeness (QED) is 0.699. The van der Waals surface area contributed by atoms with E-state index in [1.54, 1.807) is 6.26 Å². The molecule has 0 spiro atoms. The van der Waals surface area contributed by atoms with Crippen LogP contribution in [0.4, 0.5) is 0 Å². The molecule has 0 aliphatic rings. The normalized spacial score (nSPS) is 11.0. The minimum Gasteiger partial charge on any atom is -0.395 e. The Morgan fingerprint density at radius 2 is 2.14 bits per heavy atom. The molecule has 0 saturated carbocycles. The van der Waals surface area contributed by atoms with E-state index < -0.39 is 0 Å². The zero-order chi connectivity index (χ0) is 11.2. The Labute approximate surface area is 89.9 Å². The van der Waals surface area contributed by atoms with Crippen molar-refractivity contribution in [2.24, 2.45) is 0 Å². The third-order valence-corrected chi connectivity index (χ3v) is 2.52. The number of likely N-dealkylation sites (N-methyl/N-ethyl adjacent to an activating group) is 1. The van der Waals surface area contributed by atoms with Gasteiger partial charge in [0.05, 0.1) is 12.1 Å². The Morgan fingerprint density at radius 1 is 1.57 bits per heavy atom. The minimum absolute atomic E-state index is 0.0953. The van der Waals surface area contributed by atoms with Gasteiger partial charge in [-0.1, -0.05) is 17.7 Å². The van der Waals surface area contributed by atoms with Gasteiger partial charge >= 0.3 is 0 Å². The van der Waals surface area contributed by atoms with Crippen LogP contribution in [0.25, 0.3) is 0 Å². The summed E-state index contributed by atoms with van der Waals surface area (Å²) in [7, 11) is 1.87. The van der Waals surface area contributed by atoms with Gasteiger partial charge in [-0.15, -0.1) is 0 Å². The second-order valence-corrected chi connectivity index (χ2v) is 4.22. The number of thioether (sulfide) groups is 1. The molecule has 0 atom stereocenters. The number of aliphatic hydroxyl groups is 1. The highest BCUT2D eigenvalue weighted by Gasteiger charge is 2.19. The summed E-state index contributed by atoms with van der Waals surface area (Å²) in [5.74, 6) is 5.45. The summed E-state index contributed by atoms with van der Waals surface area (Å²) in [5.41, 5.74) is -0.381. The fraction of sp³-hybridized carbons (Fsp3) is 0.700. The van der Waals surface area contributed by atoms with Gasteiger partial charge in [-0.25, -0.2) is 0 Å². The smallest absolute Gasteiger partial charge is 0.262 e. The first-order chi connectivity index (χ1) is 6.44. The molecule has 0 bridgehead atoms. The van der Waals surface area contributed by atoms with Crippen molar-refractivity contribution in [3.8, 4) is 11.8 Å². The molecule has 0 radical (unpaired) electrons. The summed E-state index contributed by atoms with van der Waals surface area (Å²) in [6, 6.07) is 0. The van der Waals surface area contributed by atoms with Crippen LogP contribution in [0.2, 0.25) is 0 Å². The van der Waals surface area contributed by atoms with Gasteiger partial charge in [0.1, 0.15) is 0 Å². The van der Waals surface area contributed by atoms with Gasteiger partial charge in [-0.2, -0.15) is 0 Å². The Kier molecular flexibility index (Phi) is 5.86. The van der Waals surface area contributed by atoms with Crippen molar-refractivity contribution in [3.05, 3.63) is 0 Å². The number of hydrogen-bond donors (Lipinski definition) is 1. The third kappa shape index (κ3) is 4.66. The van der Waals surface area contributed by atoms with Gasteiger partial charge in [0.2, 0.25) is 0 Å². The van der Waals surface area contributed by atoms with Gasteiger partial charge in [0.25, 0.3) is 5.12 Å². The number of rotatable bonds is 3. The van der Waals surface area contributed by atoms with Crippen LogP contribution in [-0.2, 0) is 4.79 Å². The van der Waals surface area contributed by atoms with Gasteiger partial charge in [-0.05, 0) is 33.1 Å². The largest absolute Gasteiger partial charge is 0.395 e. The van der Waals surface area contributed by atoms with Crippen LogP contribution in [-0.4, -0.2) is 47.1 Å². The molecule has 0 saturated heterocycles. The Bertz CT molecular complexity index is 253. The van der Waals surface area contributed by atoms with E-state index in [0.29, 0.717) is 6.54 Å². The number of nitrogens with zero attached hydrogens (tertiary/aromatic N) is 1. The van der Waals surface area contributed by atoms with E-state index in [1.165, 1.54) is 0 Å². The van der Waals surface area contributed by atoms with Gasteiger partial charge < -0.3 is 5.11 Å². The van der Waals surface area contributed by atoms with Crippen LogP contribution in [0.15, 0.2) is 0 Å². The number of carbonyl (C=O) groups excluding carboxylic acids is 1. The van der Waals surface area contributed by atoms with Gasteiger partial charge in [-0.3, -0.25) is 9.69 Å². The molecule has 80 valence electrons. The number of β-amino-alcohol motifs (C(OH)–C–C–N with tert-alkyl or cyclic N) is 1. The van der Waals surface area contributed by atoms with E-state index in [2.05, 4.69) is 11.8 Å². The van der Waals surface area contributed by atoms with Crippen molar-refractivity contribution in [1.82, 2.24) is 4.90 Å². The average Bonchev–Trinajstić information content (AvgIpc) is 2.14. The Morgan fingerprint density at radius 3 is 2.57 bits per heavy atom. The van der Waals surface area contributed by atoms with Crippen molar-refractivity contribution in [3.63, 3.8) is 0 Å². The first-order valence-electron chi connectivity index (χ1n) is 4.37. The molecule has 0 aliphatic carbocycles. The topological polar surface area (TPSA) is 40.5 Å². The highest BCUT2D eigenvalue weighted by atomic mass is 32.2. The molecule has 0 aromatic heterocycles. The number of aliphatic hydroxyl groups excluding tert-OH is 1. The lowest BCUT2D eigenvalue weighted by Crippen LogP contribution is -2.41. The Hall–Kier alpha value is -0.500. The first kappa shape index (κ1) is 13.5. The molecule has 0 aliphatic heterocycles. The van der Waals surface area contributed by atoms with Crippen LogP contribution in [0.1, 0.15) is 13.8 Å². The van der Waals surface area contributed by atoms with Crippen molar-refractivity contribution in [1.29, 1.82) is 0 Å². The fourth-order valence-corrected chi connectivity index (χ4v) is 0.933. The second-order valence-electron chi connectivity index (χ2n) is 3.45. The van der Waals surface area contributed by atoms with Crippen LogP contribution < -0.4 is 0 Å². The van der Waals surface area contributed by atoms with Crippen LogP contribution >= 0.6 is 11.8 Å². The first-order valence-corrected chi connectivity index (χ1v) is 5.59. The van der Waals surface area contributed by atoms with Crippen LogP contribution in [0, 0.1) is 11.8 Å². The molecular weight excluding hydrogens is 198 g/mol. The van der Waals surface area contributed by atoms with Crippen molar-refractivity contribution in [2.75, 3.05) is 26.5 Å². The predicted octanol–water partition coefficient (Wildman–Crippen LogP) is 0.582. The van der Waals surface area contributed by atoms with E-state index in [1.807, 2.05) is 25.8 Å². The summed E-state index contributed by atoms with van der Waals surface area (Å²) in [6.45, 7) is 4.49. The lowest BCUT2D eigenvalue weighted by molar-refractivity contribution is -0.106. The number of carbonyl (C=O) groups is 1. The Balaban J connectivity index is 4.43. The highest BCUT2D eigenvalue weighted by molar-refractivity contribution is 8.13. The molecule has 0 rings (SSSR count). The van der Waals surface area contributed by atoms with Crippen LogP contribution in [0.3, 0.4) is 0 Å². The van der Waals surface area contributed by atoms with Crippen molar-refractivity contribution >= 4 is 16.9 Å². The summed E-state index contributed by atoms with van der Waals surface area (Å²) < 4.78 is 0. The molecule has 0 fully saturated rings. The monoisotopic (exact) mass is 215 g/mol. The number of hydrogen-bond acceptors (Lipinski definition) is 4. The summed E-state index contributed by atoms with van der Waals surface area (Å²) in [5, 5.41) is 8.63. The van der Waals surface area contributed by atoms with Gasteiger partial charge in [0.15, 0.2) is 0 Å². The maximum atomic E-state index is 11.0. The van der Waals surface area contributed by atoms with Crippen molar-refractivity contribution < 1.29 is 9.90 Å². The molecule has 0 aromatic carbocycles. The lowest BCUT2D eigenvalue weighted by atomic mass is 10.0. The van der Waals surface area contributed by atoms with E-state index in [0.717, 1.165) is 11.8 Å². The summed E-state index contributed by atoms with van der Waals surface area (Å²) >= 11 is 1.11. The molecule has 0 heterocycles. The molecular formula is C10H17NO2S. The van der Waals surface area contributed by atoms with E-state index in [-0.39, 0.29) is 17.3 Å². The summed E-state index contributed by atoms with van der Waals surface area (Å²) in [6.07, 6.45) is 1.71. The second kappa shape index (κ2) is 6.07. The van der Waals surface area contributed by atoms with Crippen molar-refractivity contribution in [2.45, 2.75) is 19.4 Å². The average molecular weight is 215 g/mol. The molecule has 0 amide bonds. The summed E-state index contributed by atoms with van der Waals surface area (Å²) in [4.78, 5) is 12.9. The zero-order valence-electron chi connectivity index (χ0n) is 9.13. The molecule has 1 N–H and O–H groups in total. The minimum atomic E-state index is -0.381. The highest BCUT2D eigenvalue weighted by Crippen LogP contribution is 2.09. The molecule has 3 nitrogen and oxygen atoms in total. The van der Waals surface area contributed by atoms with E-state index in [4.69, 9.17) is 5.11 Å². The molecule has 4 heteroatoms. The molecule has 14 heavy (non-hydrogen) atoms. The maximum absolute atomic E-state index is 11.0. The molecule has 0 aromatic rings. The zero-order valence-corrected chi connectivity index (χ0v) is 9.94. The molecule has 0 unspecified atom stereocenters.